The Morgan fingerprint density at radius 2 is 1.07 bits per heavy atom. The van der Waals surface area contributed by atoms with E-state index in [4.69, 9.17) is 57.4 Å². The van der Waals surface area contributed by atoms with Gasteiger partial charge in [-0.3, -0.25) is 43.3 Å². The molecular formula is C67H104N7O14PSSi5. The highest BCUT2D eigenvalue weighted by Gasteiger charge is 2.58. The smallest absolute Gasteiger partial charge is 0.330 e. The molecule has 4 N–H and O–H groups in total. The molecule has 6 aromatic rings. The van der Waals surface area contributed by atoms with Gasteiger partial charge in [0.15, 0.2) is 56.9 Å². The fourth-order valence-corrected chi connectivity index (χ4v) is 21.7. The molecule has 2 aliphatic heterocycles. The number of carbonyl (C=O) groups is 1. The van der Waals surface area contributed by atoms with Gasteiger partial charge in [0.05, 0.1) is 26.1 Å². The molecule has 0 aliphatic carbocycles. The van der Waals surface area contributed by atoms with Crippen LogP contribution < -0.4 is 32.5 Å². The van der Waals surface area contributed by atoms with Crippen LogP contribution in [0.15, 0.2) is 118 Å². The lowest BCUT2D eigenvalue weighted by Crippen LogP contribution is -2.66. The van der Waals surface area contributed by atoms with Crippen molar-refractivity contribution in [2.75, 3.05) is 18.5 Å². The molecule has 3 aromatic carbocycles. The molecule has 2 saturated heterocycles. The molecule has 0 saturated carbocycles. The van der Waals surface area contributed by atoms with Gasteiger partial charge >= 0.3 is 12.4 Å². The minimum atomic E-state index is -4.43. The van der Waals surface area contributed by atoms with Gasteiger partial charge in [0.1, 0.15) is 36.6 Å². The number of aromatic nitrogens is 6. The van der Waals surface area contributed by atoms with Gasteiger partial charge in [0, 0.05) is 17.8 Å². The SMILES string of the molecule is CC(C)(C)[Si](C)(C)OC[C@H]1O[C@@H](n2cnc3c(=O)[nH]c(NC(=O)c4ccccc4CO[Si](c4ccccc4)(c4ccccc4)C(C)(C)C)nc32)[C@H](O[Si](C)(C)C(C)(C)C)[C@@H]1OP(O)(=S)OC[C@H]1O[C@@H](n2ccc(=O)[nH]c2=O)[C@H](O[Si](C)(C)C(C)(C)C)[C@@H]1O[Si](C)(C)C(C)(C)C. The minimum absolute atomic E-state index is 0.0261. The number of hydrogen-bond acceptors (Lipinski definition) is 16. The quantitative estimate of drug-likeness (QED) is 0.0344. The molecule has 21 nitrogen and oxygen atoms in total. The lowest BCUT2D eigenvalue weighted by atomic mass is 10.1. The van der Waals surface area contributed by atoms with E-state index < -0.39 is 120 Å². The van der Waals surface area contributed by atoms with Crippen LogP contribution in [0.25, 0.3) is 11.2 Å². The van der Waals surface area contributed by atoms with Gasteiger partial charge in [-0.1, -0.05) is 183 Å². The van der Waals surface area contributed by atoms with Crippen LogP contribution in [0.5, 0.6) is 0 Å². The standard InChI is InChI=1S/C67H104N7O14PSSi5/c1-63(2,3)91(16,17)81-42-49-52(85-89(79,90)80-41-48-53(86-92(18,19)64(4,5)6)55(88-94(22,23)66(10,11)12)59(83-48)73-39-38-50(75)69-62(73)78)54(87-93(20,21)65(7,8)9)60(84-49)74-43-68-51-56(74)70-61(72-58(51)77)71-57(76)47-37-31-30-32-44(47)40-82-95(67(13,14)15,45-33-26-24-27-34-45)46-35-28-25-29-36-46/h24-39,43,48-49,52-55,59-60H,40-42H2,1-23H3,(H,79,90)(H,69,75,78)(H2,70,71,72,76,77)/t48-,49-,52-,53-,54-,55-,59-,60-,89?/m1/s1. The Kier molecular flexibility index (Phi) is 22.4. The molecule has 5 heterocycles. The van der Waals surface area contributed by atoms with Gasteiger partial charge < -0.3 is 41.0 Å². The van der Waals surface area contributed by atoms with Crippen molar-refractivity contribution in [1.29, 1.82) is 0 Å². The van der Waals surface area contributed by atoms with E-state index in [0.717, 1.165) is 10.4 Å². The molecule has 2 aliphatic rings. The molecule has 2 fully saturated rings. The molecule has 0 spiro atoms. The summed E-state index contributed by atoms with van der Waals surface area (Å²) in [6, 6.07) is 29.0. The predicted octanol–water partition coefficient (Wildman–Crippen LogP) is 12.6. The van der Waals surface area contributed by atoms with E-state index in [0.29, 0.717) is 11.1 Å². The summed E-state index contributed by atoms with van der Waals surface area (Å²) >= 11 is 6.08. The molecular weight excluding hydrogens is 1330 g/mol. The maximum Gasteiger partial charge on any atom is 0.330 e. The molecule has 1 unspecified atom stereocenters. The molecule has 28 heteroatoms. The molecule has 0 radical (unpaired) electrons. The summed E-state index contributed by atoms with van der Waals surface area (Å²) in [4.78, 5) is 82.6. The van der Waals surface area contributed by atoms with Crippen LogP contribution in [0.2, 0.25) is 77.6 Å². The first-order valence-corrected chi connectivity index (χ1v) is 48.8. The Bertz CT molecular complexity index is 3870. The highest BCUT2D eigenvalue weighted by molar-refractivity contribution is 8.07. The second kappa shape index (κ2) is 27.9. The number of aromatic amines is 2. The topological polar surface area (TPSA) is 251 Å². The zero-order chi connectivity index (χ0) is 70.7. The number of nitrogens with zero attached hydrogens (tertiary/aromatic N) is 4. The number of benzene rings is 3. The fourth-order valence-electron chi connectivity index (χ4n) is 10.9. The number of rotatable bonds is 23. The van der Waals surface area contributed by atoms with Crippen LogP contribution in [0.3, 0.4) is 0 Å². The summed E-state index contributed by atoms with van der Waals surface area (Å²) < 4.78 is 66.4. The van der Waals surface area contributed by atoms with E-state index in [1.54, 1.807) is 16.7 Å². The number of ether oxygens (including phenoxy) is 2. The van der Waals surface area contributed by atoms with Crippen molar-refractivity contribution < 1.29 is 50.3 Å². The number of imidazole rings is 1. The Hall–Kier alpha value is -4.51. The minimum Gasteiger partial charge on any atom is -0.414 e. The Balaban J connectivity index is 1.17. The second-order valence-corrected chi connectivity index (χ2v) is 58.6. The Morgan fingerprint density at radius 3 is 1.58 bits per heavy atom. The molecule has 95 heavy (non-hydrogen) atoms. The van der Waals surface area contributed by atoms with E-state index in [1.807, 2.05) is 48.5 Å². The third-order valence-electron chi connectivity index (χ3n) is 20.5. The zero-order valence-corrected chi connectivity index (χ0v) is 66.7. The normalized spacial score (nSPS) is 22.1. The summed E-state index contributed by atoms with van der Waals surface area (Å²) in [5.41, 5.74) is -0.956. The highest BCUT2D eigenvalue weighted by atomic mass is 32.5. The summed E-state index contributed by atoms with van der Waals surface area (Å²) in [6.45, 7) is 44.1. The number of anilines is 1. The van der Waals surface area contributed by atoms with Gasteiger partial charge in [-0.15, -0.1) is 0 Å². The van der Waals surface area contributed by atoms with Gasteiger partial charge in [0.2, 0.25) is 5.95 Å². The third kappa shape index (κ3) is 16.5. The van der Waals surface area contributed by atoms with Crippen molar-refractivity contribution in [3.05, 3.63) is 146 Å². The van der Waals surface area contributed by atoms with E-state index in [1.165, 1.54) is 23.2 Å². The van der Waals surface area contributed by atoms with Gasteiger partial charge in [-0.2, -0.15) is 4.98 Å². The largest absolute Gasteiger partial charge is 0.414 e. The molecule has 9 atom stereocenters. The predicted molar refractivity (Wildman–Crippen MR) is 391 cm³/mol. The summed E-state index contributed by atoms with van der Waals surface area (Å²) in [5, 5.41) is 3.54. The maximum atomic E-state index is 14.7. The number of hydrogen-bond donors (Lipinski definition) is 4. The van der Waals surface area contributed by atoms with Crippen molar-refractivity contribution in [3.63, 3.8) is 0 Å². The van der Waals surface area contributed by atoms with Gasteiger partial charge in [-0.05, 0) is 111 Å². The molecule has 0 bridgehead atoms. The van der Waals surface area contributed by atoms with Crippen molar-refractivity contribution in [3.8, 4) is 0 Å². The zero-order valence-electron chi connectivity index (χ0n) is 60.0. The fraction of sp³-hybridized carbons (Fsp3) is 0.582. The first-order chi connectivity index (χ1) is 43.6. The van der Waals surface area contributed by atoms with E-state index in [2.05, 4.69) is 201 Å². The monoisotopic (exact) mass is 1430 g/mol. The van der Waals surface area contributed by atoms with Crippen molar-refractivity contribution in [2.24, 2.45) is 0 Å². The van der Waals surface area contributed by atoms with E-state index in [-0.39, 0.29) is 62.1 Å². The number of amides is 1. The summed E-state index contributed by atoms with van der Waals surface area (Å²) in [5.74, 6) is -0.696. The Labute approximate surface area is 571 Å². The number of carbonyl (C=O) groups excluding carboxylic acids is 1. The van der Waals surface area contributed by atoms with Crippen LogP contribution >= 0.6 is 6.72 Å². The van der Waals surface area contributed by atoms with Crippen LogP contribution in [0, 0.1) is 0 Å². The van der Waals surface area contributed by atoms with Crippen LogP contribution in [-0.4, -0.2) is 131 Å². The molecule has 1 amide bonds. The lowest BCUT2D eigenvalue weighted by Gasteiger charge is -2.44. The van der Waals surface area contributed by atoms with Crippen LogP contribution in [0.4, 0.5) is 5.95 Å². The first kappa shape index (κ1) is 76.3. The average molecular weight is 1440 g/mol. The lowest BCUT2D eigenvalue weighted by molar-refractivity contribution is -0.0553. The van der Waals surface area contributed by atoms with Gasteiger partial charge in [0.25, 0.3) is 25.3 Å². The van der Waals surface area contributed by atoms with Crippen molar-refractivity contribution in [1.82, 2.24) is 29.1 Å². The van der Waals surface area contributed by atoms with Crippen molar-refractivity contribution in [2.45, 2.75) is 237 Å². The number of H-pyrrole nitrogens is 2. The van der Waals surface area contributed by atoms with Crippen LogP contribution in [-0.2, 0) is 59.1 Å². The number of nitrogens with one attached hydrogen (secondary N) is 3. The first-order valence-electron chi connectivity index (χ1n) is 32.7. The second-order valence-electron chi connectivity index (χ2n) is 32.4. The average Bonchev–Trinajstić information content (AvgIpc) is 1.75. The Morgan fingerprint density at radius 1 is 0.600 bits per heavy atom. The van der Waals surface area contributed by atoms with E-state index >= 15 is 0 Å². The van der Waals surface area contributed by atoms with Crippen LogP contribution in [0.1, 0.15) is 132 Å². The molecule has 8 rings (SSSR count). The summed E-state index contributed by atoms with van der Waals surface area (Å²) in [6.07, 6.45) is -5.46. The maximum absolute atomic E-state index is 14.7. The third-order valence-corrected chi connectivity index (χ3v) is 45.0. The molecule has 3 aromatic heterocycles. The van der Waals surface area contributed by atoms with Crippen molar-refractivity contribution >= 4 is 93.5 Å². The van der Waals surface area contributed by atoms with Gasteiger partial charge in [-0.25, -0.2) is 9.78 Å². The molecule has 522 valence electrons. The number of fused-ring (bicyclic) bond motifs is 1. The highest BCUT2D eigenvalue weighted by Crippen LogP contribution is 2.54. The van der Waals surface area contributed by atoms with E-state index in [9.17, 15) is 24.1 Å². The summed E-state index contributed by atoms with van der Waals surface area (Å²) in [7, 11) is -13.8.